The molecule has 0 bridgehead atoms. The van der Waals surface area contributed by atoms with Crippen LogP contribution in [-0.4, -0.2) is 21.1 Å². The van der Waals surface area contributed by atoms with E-state index < -0.39 is 15.9 Å². The van der Waals surface area contributed by atoms with Gasteiger partial charge in [-0.1, -0.05) is 31.4 Å². The molecule has 2 N–H and O–H groups in total. The second kappa shape index (κ2) is 7.81. The smallest absolute Gasteiger partial charge is 0.266 e. The van der Waals surface area contributed by atoms with E-state index >= 15 is 0 Å². The number of amides is 1. The van der Waals surface area contributed by atoms with E-state index in [4.69, 9.17) is 9.47 Å². The van der Waals surface area contributed by atoms with Gasteiger partial charge in [0.1, 0.15) is 0 Å². The van der Waals surface area contributed by atoms with Crippen LogP contribution in [0.2, 0.25) is 0 Å². The molecular weight excluding hydrogens is 380 g/mol. The zero-order chi connectivity index (χ0) is 19.6. The Hall–Kier alpha value is -2.58. The van der Waals surface area contributed by atoms with Crippen LogP contribution in [0.4, 0.5) is 0 Å². The van der Waals surface area contributed by atoms with Crippen LogP contribution in [0.25, 0.3) is 0 Å². The molecule has 8 heteroatoms. The third-order valence-corrected chi connectivity index (χ3v) is 6.46. The highest BCUT2D eigenvalue weighted by Gasteiger charge is 2.20. The van der Waals surface area contributed by atoms with Crippen molar-refractivity contribution < 1.29 is 22.7 Å². The van der Waals surface area contributed by atoms with Crippen molar-refractivity contribution in [3.63, 3.8) is 0 Å². The summed E-state index contributed by atoms with van der Waals surface area (Å²) in [6.07, 6.45) is 6.01. The fraction of sp³-hybridized carbons (Fsp3) is 0.350. The summed E-state index contributed by atoms with van der Waals surface area (Å²) < 4.78 is 35.4. The normalized spacial score (nSPS) is 16.7. The zero-order valence-corrected chi connectivity index (χ0v) is 16.1. The first-order valence-corrected chi connectivity index (χ1v) is 10.8. The average Bonchev–Trinajstić information content (AvgIpc) is 3.21. The maximum atomic E-state index is 12.5. The molecule has 1 saturated carbocycles. The minimum absolute atomic E-state index is 0.101. The predicted octanol–water partition coefficient (Wildman–Crippen LogP) is 3.09. The number of ether oxygens (including phenoxy) is 2. The minimum atomic E-state index is -3.86. The molecule has 1 heterocycles. The van der Waals surface area contributed by atoms with Crippen LogP contribution in [0.1, 0.15) is 53.9 Å². The lowest BCUT2D eigenvalue weighted by Crippen LogP contribution is -2.41. The third kappa shape index (κ3) is 3.98. The van der Waals surface area contributed by atoms with Gasteiger partial charge in [-0.2, -0.15) is 0 Å². The highest BCUT2D eigenvalue weighted by molar-refractivity contribution is 7.89. The highest BCUT2D eigenvalue weighted by atomic mass is 32.2. The average molecular weight is 402 g/mol. The van der Waals surface area contributed by atoms with E-state index in [9.17, 15) is 13.2 Å². The van der Waals surface area contributed by atoms with Crippen LogP contribution in [-0.2, 0) is 10.0 Å². The fourth-order valence-electron chi connectivity index (χ4n) is 3.64. The number of hydrogen-bond donors (Lipinski definition) is 2. The number of hydrazine groups is 1. The summed E-state index contributed by atoms with van der Waals surface area (Å²) in [7, 11) is -3.86. The predicted molar refractivity (Wildman–Crippen MR) is 103 cm³/mol. The fourth-order valence-corrected chi connectivity index (χ4v) is 4.48. The van der Waals surface area contributed by atoms with E-state index in [-0.39, 0.29) is 17.3 Å². The summed E-state index contributed by atoms with van der Waals surface area (Å²) in [5.74, 6) is 0.925. The zero-order valence-electron chi connectivity index (χ0n) is 15.3. The van der Waals surface area contributed by atoms with Gasteiger partial charge in [0.15, 0.2) is 11.5 Å². The molecule has 2 aromatic carbocycles. The number of sulfonamides is 1. The van der Waals surface area contributed by atoms with Crippen LogP contribution >= 0.6 is 0 Å². The Morgan fingerprint density at radius 2 is 1.64 bits per heavy atom. The van der Waals surface area contributed by atoms with E-state index in [0.717, 1.165) is 12.8 Å². The van der Waals surface area contributed by atoms with Gasteiger partial charge >= 0.3 is 0 Å². The molecule has 4 rings (SSSR count). The second-order valence-corrected chi connectivity index (χ2v) is 8.71. The summed E-state index contributed by atoms with van der Waals surface area (Å²) in [5, 5.41) is 0. The lowest BCUT2D eigenvalue weighted by Gasteiger charge is -2.22. The first kappa shape index (κ1) is 18.8. The molecule has 0 aromatic heterocycles. The van der Waals surface area contributed by atoms with Gasteiger partial charge in [0, 0.05) is 5.56 Å². The Kier molecular flexibility index (Phi) is 5.23. The van der Waals surface area contributed by atoms with Crippen molar-refractivity contribution >= 4 is 15.9 Å². The van der Waals surface area contributed by atoms with Gasteiger partial charge in [0.25, 0.3) is 15.9 Å². The molecule has 1 aliphatic carbocycles. The maximum absolute atomic E-state index is 12.5. The van der Waals surface area contributed by atoms with Gasteiger partial charge in [0.05, 0.1) is 4.90 Å². The Morgan fingerprint density at radius 1 is 0.929 bits per heavy atom. The van der Waals surface area contributed by atoms with Crippen molar-refractivity contribution in [2.24, 2.45) is 0 Å². The molecule has 0 saturated heterocycles. The maximum Gasteiger partial charge on any atom is 0.266 e. The van der Waals surface area contributed by atoms with Crippen molar-refractivity contribution in [1.29, 1.82) is 0 Å². The third-order valence-electron chi connectivity index (χ3n) is 5.20. The number of hydrogen-bond acceptors (Lipinski definition) is 5. The number of carbonyl (C=O) groups excluding carboxylic acids is 1. The molecule has 0 radical (unpaired) electrons. The number of fused-ring (bicyclic) bond motifs is 1. The molecule has 28 heavy (non-hydrogen) atoms. The topological polar surface area (TPSA) is 93.7 Å². The Balaban J connectivity index is 1.40. The van der Waals surface area contributed by atoms with Crippen LogP contribution in [0.15, 0.2) is 47.4 Å². The lowest BCUT2D eigenvalue weighted by molar-refractivity contribution is 0.0944. The summed E-state index contributed by atoms with van der Waals surface area (Å²) >= 11 is 0. The quantitative estimate of drug-likeness (QED) is 0.750. The summed E-state index contributed by atoms with van der Waals surface area (Å²) in [6, 6.07) is 11.5. The molecule has 2 aromatic rings. The molecule has 0 unspecified atom stereocenters. The first-order chi connectivity index (χ1) is 13.5. The SMILES string of the molecule is O=C(NNS(=O)(=O)c1ccc(C2CCCCC2)cc1)c1ccc2c(c1)OCO2. The second-order valence-electron chi connectivity index (χ2n) is 7.03. The lowest BCUT2D eigenvalue weighted by atomic mass is 9.84. The molecule has 2 aliphatic rings. The molecule has 0 atom stereocenters. The van der Waals surface area contributed by atoms with E-state index in [1.54, 1.807) is 18.2 Å². The molecule has 1 fully saturated rings. The van der Waals surface area contributed by atoms with Gasteiger partial charge in [-0.05, 0) is 54.7 Å². The molecule has 1 aliphatic heterocycles. The van der Waals surface area contributed by atoms with E-state index in [1.807, 2.05) is 12.1 Å². The summed E-state index contributed by atoms with van der Waals surface area (Å²) in [6.45, 7) is 0.101. The monoisotopic (exact) mass is 402 g/mol. The number of rotatable bonds is 5. The Labute approximate surface area is 164 Å². The Bertz CT molecular complexity index is 967. The van der Waals surface area contributed by atoms with Crippen molar-refractivity contribution in [3.8, 4) is 11.5 Å². The van der Waals surface area contributed by atoms with Crippen molar-refractivity contribution in [2.75, 3.05) is 6.79 Å². The molecule has 0 spiro atoms. The molecular formula is C20H22N2O5S. The standard InChI is InChI=1S/C20H22N2O5S/c23-20(16-8-11-18-19(12-16)27-13-26-18)21-22-28(24,25)17-9-6-15(7-10-17)14-4-2-1-3-5-14/h6-12,14,22H,1-5,13H2,(H,21,23). The van der Waals surface area contributed by atoms with Crippen molar-refractivity contribution in [1.82, 2.24) is 10.3 Å². The van der Waals surface area contributed by atoms with Crippen molar-refractivity contribution in [3.05, 3.63) is 53.6 Å². The Morgan fingerprint density at radius 3 is 2.39 bits per heavy atom. The highest BCUT2D eigenvalue weighted by Crippen LogP contribution is 2.33. The van der Waals surface area contributed by atoms with Crippen LogP contribution < -0.4 is 19.7 Å². The van der Waals surface area contributed by atoms with Gasteiger partial charge in [-0.15, -0.1) is 4.83 Å². The first-order valence-electron chi connectivity index (χ1n) is 9.35. The summed E-state index contributed by atoms with van der Waals surface area (Å²) in [5.41, 5.74) is 3.67. The van der Waals surface area contributed by atoms with Crippen molar-refractivity contribution in [2.45, 2.75) is 42.9 Å². The van der Waals surface area contributed by atoms with E-state index in [1.165, 1.54) is 37.0 Å². The number of nitrogens with one attached hydrogen (secondary N) is 2. The van der Waals surface area contributed by atoms with E-state index in [2.05, 4.69) is 10.3 Å². The van der Waals surface area contributed by atoms with Gasteiger partial charge in [-0.25, -0.2) is 8.42 Å². The van der Waals surface area contributed by atoms with Crippen LogP contribution in [0, 0.1) is 0 Å². The van der Waals surface area contributed by atoms with Gasteiger partial charge in [-0.3, -0.25) is 10.2 Å². The molecule has 1 amide bonds. The van der Waals surface area contributed by atoms with Crippen LogP contribution in [0.3, 0.4) is 0 Å². The van der Waals surface area contributed by atoms with E-state index in [0.29, 0.717) is 17.4 Å². The minimum Gasteiger partial charge on any atom is -0.454 e. The molecule has 7 nitrogen and oxygen atoms in total. The number of carbonyl (C=O) groups is 1. The number of benzene rings is 2. The molecule has 148 valence electrons. The largest absolute Gasteiger partial charge is 0.454 e. The summed E-state index contributed by atoms with van der Waals surface area (Å²) in [4.78, 5) is 14.5. The van der Waals surface area contributed by atoms with Gasteiger partial charge in [0.2, 0.25) is 6.79 Å². The van der Waals surface area contributed by atoms with Gasteiger partial charge < -0.3 is 9.47 Å². The van der Waals surface area contributed by atoms with Crippen LogP contribution in [0.5, 0.6) is 11.5 Å².